The van der Waals surface area contributed by atoms with Crippen molar-refractivity contribution >= 4 is 46.8 Å². The second kappa shape index (κ2) is 8.16. The average Bonchev–Trinajstić information content (AvgIpc) is 2.92. The SMILES string of the molecule is COC(=O)C1=C(C)N(c2cccc(C(F)(F)F)c2)C(=O)/C1=C\c1ccc(Cl)cc1Cl. The molecule has 9 heteroatoms. The van der Waals surface area contributed by atoms with Gasteiger partial charge in [-0.1, -0.05) is 35.3 Å². The third-order valence-electron chi connectivity index (χ3n) is 4.48. The van der Waals surface area contributed by atoms with E-state index >= 15 is 0 Å². The Balaban J connectivity index is 2.17. The maximum atomic E-state index is 13.1. The number of rotatable bonds is 3. The van der Waals surface area contributed by atoms with Gasteiger partial charge in [-0.2, -0.15) is 13.2 Å². The maximum Gasteiger partial charge on any atom is 0.416 e. The number of amides is 1. The molecule has 1 heterocycles. The van der Waals surface area contributed by atoms with Crippen molar-refractivity contribution in [1.29, 1.82) is 0 Å². The number of benzene rings is 2. The molecule has 1 aliphatic heterocycles. The monoisotopic (exact) mass is 455 g/mol. The number of anilines is 1. The lowest BCUT2D eigenvalue weighted by molar-refractivity contribution is -0.137. The summed E-state index contributed by atoms with van der Waals surface area (Å²) in [7, 11) is 1.15. The molecule has 1 amide bonds. The van der Waals surface area contributed by atoms with E-state index in [4.69, 9.17) is 27.9 Å². The molecular formula is C21H14Cl2F3NO3. The van der Waals surface area contributed by atoms with Gasteiger partial charge in [0.05, 0.1) is 23.8 Å². The van der Waals surface area contributed by atoms with Gasteiger partial charge < -0.3 is 4.74 Å². The normalized spacial score (nSPS) is 15.9. The van der Waals surface area contributed by atoms with E-state index < -0.39 is 23.6 Å². The highest BCUT2D eigenvalue weighted by molar-refractivity contribution is 6.36. The van der Waals surface area contributed by atoms with Gasteiger partial charge >= 0.3 is 12.1 Å². The molecule has 0 saturated heterocycles. The van der Waals surface area contributed by atoms with Gasteiger partial charge in [0.15, 0.2) is 0 Å². The molecule has 3 rings (SSSR count). The van der Waals surface area contributed by atoms with Crippen LogP contribution in [0.25, 0.3) is 6.08 Å². The summed E-state index contributed by atoms with van der Waals surface area (Å²) in [5.74, 6) is -1.48. The summed E-state index contributed by atoms with van der Waals surface area (Å²) in [4.78, 5) is 26.6. The fourth-order valence-electron chi connectivity index (χ4n) is 3.09. The Morgan fingerprint density at radius 3 is 2.43 bits per heavy atom. The summed E-state index contributed by atoms with van der Waals surface area (Å²) in [6.45, 7) is 1.45. The fourth-order valence-corrected chi connectivity index (χ4v) is 3.55. The number of ether oxygens (including phenoxy) is 1. The largest absolute Gasteiger partial charge is 0.465 e. The van der Waals surface area contributed by atoms with E-state index in [1.807, 2.05) is 0 Å². The summed E-state index contributed by atoms with van der Waals surface area (Å²) in [5, 5.41) is 0.618. The van der Waals surface area contributed by atoms with E-state index in [0.717, 1.165) is 24.1 Å². The first-order chi connectivity index (χ1) is 14.0. The topological polar surface area (TPSA) is 46.6 Å². The minimum Gasteiger partial charge on any atom is -0.465 e. The Morgan fingerprint density at radius 1 is 1.13 bits per heavy atom. The van der Waals surface area contributed by atoms with Crippen LogP contribution >= 0.6 is 23.2 Å². The lowest BCUT2D eigenvalue weighted by Crippen LogP contribution is -2.25. The number of carbonyl (C=O) groups is 2. The maximum absolute atomic E-state index is 13.1. The van der Waals surface area contributed by atoms with Crippen molar-refractivity contribution in [3.05, 3.63) is 80.5 Å². The number of halogens is 5. The quantitative estimate of drug-likeness (QED) is 0.428. The molecule has 30 heavy (non-hydrogen) atoms. The van der Waals surface area contributed by atoms with Crippen molar-refractivity contribution in [2.75, 3.05) is 12.0 Å². The molecule has 0 unspecified atom stereocenters. The van der Waals surface area contributed by atoms with Gasteiger partial charge in [-0.05, 0) is 48.9 Å². The standard InChI is InChI=1S/C21H14Cl2F3NO3/c1-11-18(20(29)30-2)16(8-12-6-7-14(22)10-17(12)23)19(28)27(11)15-5-3-4-13(9-15)21(24,25)26/h3-10H,1-2H3/b16-8-. The number of carbonyl (C=O) groups excluding carboxylic acids is 2. The van der Waals surface area contributed by atoms with Gasteiger partial charge in [0, 0.05) is 21.4 Å². The highest BCUT2D eigenvalue weighted by Gasteiger charge is 2.39. The van der Waals surface area contributed by atoms with E-state index in [-0.39, 0.29) is 27.6 Å². The Labute approximate surface area is 180 Å². The van der Waals surface area contributed by atoms with Crippen LogP contribution in [-0.4, -0.2) is 19.0 Å². The highest BCUT2D eigenvalue weighted by atomic mass is 35.5. The zero-order chi connectivity index (χ0) is 22.2. The molecule has 0 spiro atoms. The van der Waals surface area contributed by atoms with Crippen molar-refractivity contribution in [2.24, 2.45) is 0 Å². The van der Waals surface area contributed by atoms with E-state index in [9.17, 15) is 22.8 Å². The van der Waals surface area contributed by atoms with Gasteiger partial charge in [-0.25, -0.2) is 4.79 Å². The predicted octanol–water partition coefficient (Wildman–Crippen LogP) is 5.89. The number of methoxy groups -OCH3 is 1. The molecular weight excluding hydrogens is 442 g/mol. The molecule has 0 N–H and O–H groups in total. The third-order valence-corrected chi connectivity index (χ3v) is 5.05. The zero-order valence-corrected chi connectivity index (χ0v) is 17.2. The van der Waals surface area contributed by atoms with Crippen LogP contribution in [0.15, 0.2) is 59.3 Å². The number of hydrogen-bond donors (Lipinski definition) is 0. The molecule has 0 bridgehead atoms. The van der Waals surface area contributed by atoms with E-state index in [2.05, 4.69) is 0 Å². The van der Waals surface area contributed by atoms with Crippen LogP contribution < -0.4 is 4.90 Å². The van der Waals surface area contributed by atoms with E-state index in [1.54, 1.807) is 12.1 Å². The van der Waals surface area contributed by atoms with Gasteiger partial charge in [0.2, 0.25) is 0 Å². The van der Waals surface area contributed by atoms with Crippen molar-refractivity contribution in [3.63, 3.8) is 0 Å². The first kappa shape index (κ1) is 21.9. The number of esters is 1. The second-order valence-electron chi connectivity index (χ2n) is 6.36. The first-order valence-electron chi connectivity index (χ1n) is 8.52. The highest BCUT2D eigenvalue weighted by Crippen LogP contribution is 2.38. The van der Waals surface area contributed by atoms with Crippen molar-refractivity contribution in [1.82, 2.24) is 0 Å². The van der Waals surface area contributed by atoms with Crippen molar-refractivity contribution in [2.45, 2.75) is 13.1 Å². The Kier molecular flexibility index (Phi) is 5.97. The Bertz CT molecular complexity index is 1110. The van der Waals surface area contributed by atoms with Crippen LogP contribution in [0, 0.1) is 0 Å². The van der Waals surface area contributed by atoms with Crippen LogP contribution in [-0.2, 0) is 20.5 Å². The summed E-state index contributed by atoms with van der Waals surface area (Å²) < 4.78 is 44.2. The van der Waals surface area contributed by atoms with Crippen molar-refractivity contribution in [3.8, 4) is 0 Å². The molecule has 0 fully saturated rings. The molecule has 2 aromatic rings. The molecule has 1 aliphatic rings. The van der Waals surface area contributed by atoms with Gasteiger partial charge in [-0.3, -0.25) is 9.69 Å². The van der Waals surface area contributed by atoms with Crippen LogP contribution in [0.5, 0.6) is 0 Å². The van der Waals surface area contributed by atoms with E-state index in [1.165, 1.54) is 31.2 Å². The van der Waals surface area contributed by atoms with Crippen molar-refractivity contribution < 1.29 is 27.5 Å². The Hall–Kier alpha value is -2.77. The first-order valence-corrected chi connectivity index (χ1v) is 9.28. The molecule has 0 aliphatic carbocycles. The lowest BCUT2D eigenvalue weighted by atomic mass is 10.0. The van der Waals surface area contributed by atoms with Gasteiger partial charge in [-0.15, -0.1) is 0 Å². The molecule has 0 atom stereocenters. The molecule has 2 aromatic carbocycles. The smallest absolute Gasteiger partial charge is 0.416 e. The molecule has 0 aromatic heterocycles. The predicted molar refractivity (Wildman–Crippen MR) is 108 cm³/mol. The minimum atomic E-state index is -4.59. The summed E-state index contributed by atoms with van der Waals surface area (Å²) in [5.41, 5.74) is -0.517. The van der Waals surface area contributed by atoms with E-state index in [0.29, 0.717) is 10.6 Å². The summed E-state index contributed by atoms with van der Waals surface area (Å²) in [6, 6.07) is 8.86. The lowest BCUT2D eigenvalue weighted by Gasteiger charge is -2.19. The fraction of sp³-hybridized carbons (Fsp3) is 0.143. The third kappa shape index (κ3) is 4.08. The number of allylic oxidation sites excluding steroid dienone is 1. The summed E-state index contributed by atoms with van der Waals surface area (Å²) >= 11 is 12.1. The zero-order valence-electron chi connectivity index (χ0n) is 15.7. The van der Waals surface area contributed by atoms with Gasteiger partial charge in [0.1, 0.15) is 0 Å². The van der Waals surface area contributed by atoms with Crippen LogP contribution in [0.3, 0.4) is 0 Å². The molecule has 156 valence electrons. The Morgan fingerprint density at radius 2 is 1.83 bits per heavy atom. The number of hydrogen-bond acceptors (Lipinski definition) is 3. The number of alkyl halides is 3. The van der Waals surface area contributed by atoms with Crippen LogP contribution in [0.4, 0.5) is 18.9 Å². The number of nitrogens with zero attached hydrogens (tertiary/aromatic N) is 1. The van der Waals surface area contributed by atoms with Crippen LogP contribution in [0.2, 0.25) is 10.0 Å². The summed E-state index contributed by atoms with van der Waals surface area (Å²) in [6.07, 6.45) is -3.21. The second-order valence-corrected chi connectivity index (χ2v) is 7.21. The molecule has 0 radical (unpaired) electrons. The molecule has 4 nitrogen and oxygen atoms in total. The minimum absolute atomic E-state index is 0.0284. The average molecular weight is 456 g/mol. The van der Waals surface area contributed by atoms with Crippen LogP contribution in [0.1, 0.15) is 18.1 Å². The molecule has 0 saturated carbocycles. The van der Waals surface area contributed by atoms with Gasteiger partial charge in [0.25, 0.3) is 5.91 Å².